The number of likely N-dealkylation sites (tertiary alicyclic amines) is 1. The van der Waals surface area contributed by atoms with Crippen molar-refractivity contribution in [1.82, 2.24) is 19.9 Å². The Labute approximate surface area is 129 Å². The molecule has 0 radical (unpaired) electrons. The Morgan fingerprint density at radius 2 is 2.10 bits per heavy atom. The standard InChI is InChI=1S/C13H20ClN5O2/c1-3-8-21-13-17-11(14)16-12(18-13)15-9(2)10(20)19-6-4-5-7-19/h9H,3-8H2,1-2H3,(H,15,16,17,18). The Balaban J connectivity index is 2.00. The minimum atomic E-state index is -0.416. The Hall–Kier alpha value is -1.63. The number of nitrogens with one attached hydrogen (secondary N) is 1. The SMILES string of the molecule is CCCOc1nc(Cl)nc(NC(C)C(=O)N2CCCC2)n1. The molecule has 1 aromatic rings. The number of halogens is 1. The number of carbonyl (C=O) groups excluding carboxylic acids is 1. The van der Waals surface area contributed by atoms with Gasteiger partial charge < -0.3 is 15.0 Å². The molecular formula is C13H20ClN5O2. The van der Waals surface area contributed by atoms with Crippen LogP contribution in [-0.2, 0) is 4.79 Å². The van der Waals surface area contributed by atoms with Crippen LogP contribution in [0.2, 0.25) is 5.28 Å². The van der Waals surface area contributed by atoms with Gasteiger partial charge in [0.1, 0.15) is 6.04 Å². The fraction of sp³-hybridized carbons (Fsp3) is 0.692. The molecule has 1 aliphatic heterocycles. The maximum absolute atomic E-state index is 12.2. The summed E-state index contributed by atoms with van der Waals surface area (Å²) >= 11 is 5.84. The molecule has 0 saturated carbocycles. The molecular weight excluding hydrogens is 294 g/mol. The molecule has 1 amide bonds. The maximum Gasteiger partial charge on any atom is 0.322 e. The Morgan fingerprint density at radius 1 is 1.38 bits per heavy atom. The van der Waals surface area contributed by atoms with Gasteiger partial charge in [-0.05, 0) is 37.8 Å². The number of carbonyl (C=O) groups is 1. The van der Waals surface area contributed by atoms with Crippen LogP contribution in [0.25, 0.3) is 0 Å². The lowest BCUT2D eigenvalue weighted by atomic mass is 10.3. The van der Waals surface area contributed by atoms with E-state index in [1.54, 1.807) is 6.92 Å². The van der Waals surface area contributed by atoms with E-state index in [-0.39, 0.29) is 23.1 Å². The van der Waals surface area contributed by atoms with E-state index in [0.717, 1.165) is 32.4 Å². The third-order valence-corrected chi connectivity index (χ3v) is 3.33. The van der Waals surface area contributed by atoms with Gasteiger partial charge in [-0.3, -0.25) is 4.79 Å². The number of nitrogens with zero attached hydrogens (tertiary/aromatic N) is 4. The van der Waals surface area contributed by atoms with E-state index in [1.807, 2.05) is 11.8 Å². The summed E-state index contributed by atoms with van der Waals surface area (Å²) in [5.41, 5.74) is 0. The second kappa shape index (κ2) is 7.40. The van der Waals surface area contributed by atoms with Crippen molar-refractivity contribution in [2.24, 2.45) is 0 Å². The van der Waals surface area contributed by atoms with Gasteiger partial charge in [0.05, 0.1) is 6.61 Å². The third kappa shape index (κ3) is 4.42. The van der Waals surface area contributed by atoms with Crippen LogP contribution in [0.3, 0.4) is 0 Å². The van der Waals surface area contributed by atoms with Crippen molar-refractivity contribution in [2.75, 3.05) is 25.0 Å². The molecule has 7 nitrogen and oxygen atoms in total. The summed E-state index contributed by atoms with van der Waals surface area (Å²) < 4.78 is 5.34. The quantitative estimate of drug-likeness (QED) is 0.861. The van der Waals surface area contributed by atoms with Gasteiger partial charge in [-0.1, -0.05) is 6.92 Å². The zero-order chi connectivity index (χ0) is 15.2. The molecule has 0 aliphatic carbocycles. The van der Waals surface area contributed by atoms with Gasteiger partial charge in [0.15, 0.2) is 0 Å². The zero-order valence-corrected chi connectivity index (χ0v) is 13.1. The smallest absolute Gasteiger partial charge is 0.322 e. The predicted molar refractivity (Wildman–Crippen MR) is 79.5 cm³/mol. The van der Waals surface area contributed by atoms with E-state index in [9.17, 15) is 4.79 Å². The van der Waals surface area contributed by atoms with Crippen molar-refractivity contribution in [3.8, 4) is 6.01 Å². The molecule has 0 aromatic carbocycles. The highest BCUT2D eigenvalue weighted by Crippen LogP contribution is 2.14. The molecule has 8 heteroatoms. The fourth-order valence-electron chi connectivity index (χ4n) is 2.12. The second-order valence-electron chi connectivity index (χ2n) is 4.96. The van der Waals surface area contributed by atoms with E-state index in [0.29, 0.717) is 6.61 Å². The maximum atomic E-state index is 12.2. The molecule has 2 heterocycles. The summed E-state index contributed by atoms with van der Waals surface area (Å²) in [4.78, 5) is 26.0. The van der Waals surface area contributed by atoms with Crippen LogP contribution in [0.4, 0.5) is 5.95 Å². The summed E-state index contributed by atoms with van der Waals surface area (Å²) in [6, 6.07) is -0.249. The molecule has 1 aromatic heterocycles. The van der Waals surface area contributed by atoms with Crippen molar-refractivity contribution < 1.29 is 9.53 Å². The van der Waals surface area contributed by atoms with Crippen LogP contribution >= 0.6 is 11.6 Å². The highest BCUT2D eigenvalue weighted by Gasteiger charge is 2.24. The first kappa shape index (κ1) is 15.8. The van der Waals surface area contributed by atoms with Crippen LogP contribution in [0, 0.1) is 0 Å². The van der Waals surface area contributed by atoms with Crippen LogP contribution in [-0.4, -0.2) is 51.5 Å². The fourth-order valence-corrected chi connectivity index (χ4v) is 2.27. The highest BCUT2D eigenvalue weighted by atomic mass is 35.5. The molecule has 116 valence electrons. The molecule has 0 bridgehead atoms. The second-order valence-corrected chi connectivity index (χ2v) is 5.30. The van der Waals surface area contributed by atoms with Gasteiger partial charge in [0.2, 0.25) is 17.1 Å². The average Bonchev–Trinajstić information content (AvgIpc) is 2.97. The Bertz CT molecular complexity index is 493. The van der Waals surface area contributed by atoms with Gasteiger partial charge in [-0.15, -0.1) is 0 Å². The van der Waals surface area contributed by atoms with E-state index >= 15 is 0 Å². The largest absolute Gasteiger partial charge is 0.463 e. The van der Waals surface area contributed by atoms with Crippen LogP contribution in [0.5, 0.6) is 6.01 Å². The molecule has 21 heavy (non-hydrogen) atoms. The van der Waals surface area contributed by atoms with E-state index in [4.69, 9.17) is 16.3 Å². The molecule has 1 aliphatic rings. The summed E-state index contributed by atoms with van der Waals surface area (Å²) in [5.74, 6) is 0.293. The summed E-state index contributed by atoms with van der Waals surface area (Å²) in [5, 5.41) is 3.00. The molecule has 2 rings (SSSR count). The topological polar surface area (TPSA) is 80.2 Å². The van der Waals surface area contributed by atoms with E-state index < -0.39 is 6.04 Å². The number of anilines is 1. The molecule has 1 N–H and O–H groups in total. The first-order valence-electron chi connectivity index (χ1n) is 7.20. The number of amides is 1. The lowest BCUT2D eigenvalue weighted by molar-refractivity contribution is -0.130. The van der Waals surface area contributed by atoms with Crippen LogP contribution < -0.4 is 10.1 Å². The monoisotopic (exact) mass is 313 g/mol. The summed E-state index contributed by atoms with van der Waals surface area (Å²) in [6.07, 6.45) is 2.96. The normalized spacial score (nSPS) is 15.9. The van der Waals surface area contributed by atoms with Crippen molar-refractivity contribution in [3.05, 3.63) is 5.28 Å². The van der Waals surface area contributed by atoms with Crippen molar-refractivity contribution >= 4 is 23.5 Å². The number of rotatable bonds is 6. The molecule has 1 atom stereocenters. The number of aromatic nitrogens is 3. The lowest BCUT2D eigenvalue weighted by Gasteiger charge is -2.21. The van der Waals surface area contributed by atoms with Gasteiger partial charge in [-0.2, -0.15) is 15.0 Å². The molecule has 1 saturated heterocycles. The van der Waals surface area contributed by atoms with Crippen molar-refractivity contribution in [2.45, 2.75) is 39.2 Å². The molecule has 0 spiro atoms. The zero-order valence-electron chi connectivity index (χ0n) is 12.3. The number of hydrogen-bond donors (Lipinski definition) is 1. The summed E-state index contributed by atoms with van der Waals surface area (Å²) in [7, 11) is 0. The highest BCUT2D eigenvalue weighted by molar-refractivity contribution is 6.28. The van der Waals surface area contributed by atoms with E-state index in [1.165, 1.54) is 0 Å². The summed E-state index contributed by atoms with van der Waals surface area (Å²) in [6.45, 7) is 5.90. The minimum Gasteiger partial charge on any atom is -0.463 e. The van der Waals surface area contributed by atoms with Crippen LogP contribution in [0.1, 0.15) is 33.1 Å². The number of hydrogen-bond acceptors (Lipinski definition) is 6. The minimum absolute atomic E-state index is 0.0411. The van der Waals surface area contributed by atoms with Crippen molar-refractivity contribution in [3.63, 3.8) is 0 Å². The first-order chi connectivity index (χ1) is 10.1. The average molecular weight is 314 g/mol. The van der Waals surface area contributed by atoms with Crippen molar-refractivity contribution in [1.29, 1.82) is 0 Å². The predicted octanol–water partition coefficient (Wildman–Crippen LogP) is 1.74. The van der Waals surface area contributed by atoms with Gasteiger partial charge in [-0.25, -0.2) is 0 Å². The van der Waals surface area contributed by atoms with Gasteiger partial charge in [0, 0.05) is 13.1 Å². The lowest BCUT2D eigenvalue weighted by Crippen LogP contribution is -2.40. The molecule has 1 unspecified atom stereocenters. The first-order valence-corrected chi connectivity index (χ1v) is 7.57. The number of ether oxygens (including phenoxy) is 1. The van der Waals surface area contributed by atoms with Gasteiger partial charge >= 0.3 is 6.01 Å². The molecule has 1 fully saturated rings. The Morgan fingerprint density at radius 3 is 2.76 bits per heavy atom. The van der Waals surface area contributed by atoms with Crippen LogP contribution in [0.15, 0.2) is 0 Å². The Kier molecular flexibility index (Phi) is 5.55. The van der Waals surface area contributed by atoms with Gasteiger partial charge in [0.25, 0.3) is 0 Å². The van der Waals surface area contributed by atoms with E-state index in [2.05, 4.69) is 20.3 Å². The third-order valence-electron chi connectivity index (χ3n) is 3.16.